The van der Waals surface area contributed by atoms with Crippen LogP contribution >= 0.6 is 12.2 Å². The van der Waals surface area contributed by atoms with Crippen LogP contribution in [0.4, 0.5) is 0 Å². The van der Waals surface area contributed by atoms with Crippen molar-refractivity contribution in [2.24, 2.45) is 5.10 Å². The Kier molecular flexibility index (Phi) is 5.78. The average Bonchev–Trinajstić information content (AvgIpc) is 3.24. The van der Waals surface area contributed by atoms with Gasteiger partial charge in [0.2, 0.25) is 0 Å². The third-order valence-corrected chi connectivity index (χ3v) is 4.46. The monoisotopic (exact) mass is 357 g/mol. The second kappa shape index (κ2) is 8.22. The number of nitrogens with one attached hydrogen (secondary N) is 2. The molecule has 7 heteroatoms. The second-order valence-corrected chi connectivity index (χ2v) is 6.46. The summed E-state index contributed by atoms with van der Waals surface area (Å²) in [5, 5.41) is 12.5. The lowest BCUT2D eigenvalue weighted by Crippen LogP contribution is -2.37. The summed E-state index contributed by atoms with van der Waals surface area (Å²) in [6.45, 7) is 5.56. The highest BCUT2D eigenvalue weighted by Gasteiger charge is 2.15. The minimum Gasteiger partial charge on any atom is -0.376 e. The van der Waals surface area contributed by atoms with Crippen LogP contribution in [0.5, 0.6) is 0 Å². The molecule has 3 rings (SSSR count). The molecule has 1 aliphatic heterocycles. The van der Waals surface area contributed by atoms with Gasteiger partial charge in [0.15, 0.2) is 5.11 Å². The Labute approximate surface area is 153 Å². The van der Waals surface area contributed by atoms with Gasteiger partial charge in [-0.3, -0.25) is 5.43 Å². The van der Waals surface area contributed by atoms with Gasteiger partial charge >= 0.3 is 0 Å². The Balaban J connectivity index is 1.59. The second-order valence-electron chi connectivity index (χ2n) is 6.05. The van der Waals surface area contributed by atoms with E-state index in [4.69, 9.17) is 17.0 Å². The van der Waals surface area contributed by atoms with Gasteiger partial charge in [-0.2, -0.15) is 10.2 Å². The van der Waals surface area contributed by atoms with Crippen LogP contribution in [-0.2, 0) is 4.74 Å². The van der Waals surface area contributed by atoms with E-state index in [1.54, 1.807) is 6.21 Å². The van der Waals surface area contributed by atoms with E-state index in [-0.39, 0.29) is 6.10 Å². The lowest BCUT2D eigenvalue weighted by atomic mass is 10.2. The van der Waals surface area contributed by atoms with Crippen LogP contribution in [-0.4, -0.2) is 40.4 Å². The number of nitrogens with zero attached hydrogens (tertiary/aromatic N) is 3. The van der Waals surface area contributed by atoms with Gasteiger partial charge in [-0.1, -0.05) is 18.2 Å². The first-order valence-electron chi connectivity index (χ1n) is 8.45. The van der Waals surface area contributed by atoms with E-state index in [1.807, 2.05) is 48.9 Å². The Bertz CT molecular complexity index is 750. The number of hydrogen-bond donors (Lipinski definition) is 2. The highest BCUT2D eigenvalue weighted by molar-refractivity contribution is 7.80. The van der Waals surface area contributed by atoms with Crippen LogP contribution in [0.1, 0.15) is 29.8 Å². The number of para-hydroxylation sites is 1. The van der Waals surface area contributed by atoms with E-state index in [1.165, 1.54) is 0 Å². The fourth-order valence-corrected chi connectivity index (χ4v) is 3.01. The third-order valence-electron chi connectivity index (χ3n) is 4.22. The highest BCUT2D eigenvalue weighted by atomic mass is 32.1. The van der Waals surface area contributed by atoms with E-state index in [0.29, 0.717) is 11.7 Å². The first-order valence-corrected chi connectivity index (χ1v) is 8.86. The van der Waals surface area contributed by atoms with E-state index in [9.17, 15) is 0 Å². The summed E-state index contributed by atoms with van der Waals surface area (Å²) in [7, 11) is 0. The van der Waals surface area contributed by atoms with Crippen LogP contribution in [0, 0.1) is 13.8 Å². The Morgan fingerprint density at radius 3 is 2.92 bits per heavy atom. The zero-order valence-corrected chi connectivity index (χ0v) is 15.3. The topological polar surface area (TPSA) is 63.5 Å². The van der Waals surface area contributed by atoms with Crippen molar-refractivity contribution in [3.63, 3.8) is 0 Å². The van der Waals surface area contributed by atoms with Gasteiger partial charge in [-0.05, 0) is 51.0 Å². The molecule has 0 unspecified atom stereocenters. The van der Waals surface area contributed by atoms with Crippen LogP contribution in [0.25, 0.3) is 5.69 Å². The molecule has 1 aromatic carbocycles. The summed E-state index contributed by atoms with van der Waals surface area (Å²) < 4.78 is 7.48. The number of benzene rings is 1. The molecular weight excluding hydrogens is 334 g/mol. The van der Waals surface area contributed by atoms with Gasteiger partial charge in [0.05, 0.1) is 29.4 Å². The quantitative estimate of drug-likeness (QED) is 0.489. The molecule has 132 valence electrons. The molecular formula is C18H23N5OS. The molecule has 0 saturated carbocycles. The standard InChI is InChI=1S/C18H23N5OS/c1-13-17(14(2)23(22-13)15-7-4-3-5-8-15)12-20-21-18(25)19-11-16-9-6-10-24-16/h3-5,7-8,12,16H,6,9-11H2,1-2H3,(H2,19,21,25)/b20-12-/t16-/m0/s1. The molecule has 2 N–H and O–H groups in total. The summed E-state index contributed by atoms with van der Waals surface area (Å²) in [6.07, 6.45) is 4.21. The lowest BCUT2D eigenvalue weighted by Gasteiger charge is -2.11. The SMILES string of the molecule is Cc1nn(-c2ccccc2)c(C)c1/C=N\NC(=S)NC[C@@H]1CCCO1. The summed E-state index contributed by atoms with van der Waals surface area (Å²) in [6, 6.07) is 10.1. The zero-order chi connectivity index (χ0) is 17.6. The van der Waals surface area contributed by atoms with Crippen LogP contribution in [0.2, 0.25) is 0 Å². The number of hydrazone groups is 1. The van der Waals surface area contributed by atoms with Crippen molar-refractivity contribution < 1.29 is 4.74 Å². The predicted molar refractivity (Wildman–Crippen MR) is 103 cm³/mol. The fraction of sp³-hybridized carbons (Fsp3) is 0.389. The minimum absolute atomic E-state index is 0.248. The highest BCUT2D eigenvalue weighted by Crippen LogP contribution is 2.16. The molecule has 0 radical (unpaired) electrons. The van der Waals surface area contributed by atoms with Crippen LogP contribution in [0.3, 0.4) is 0 Å². The first kappa shape index (κ1) is 17.6. The molecule has 1 aromatic heterocycles. The largest absolute Gasteiger partial charge is 0.376 e. The molecule has 0 aliphatic carbocycles. The van der Waals surface area contributed by atoms with E-state index < -0.39 is 0 Å². The maximum atomic E-state index is 5.55. The number of aryl methyl sites for hydroxylation is 1. The molecule has 0 bridgehead atoms. The molecule has 2 aromatic rings. The molecule has 0 amide bonds. The van der Waals surface area contributed by atoms with Crippen LogP contribution in [0.15, 0.2) is 35.4 Å². The number of hydrogen-bond acceptors (Lipinski definition) is 4. The normalized spacial score (nSPS) is 17.1. The van der Waals surface area contributed by atoms with E-state index in [2.05, 4.69) is 20.9 Å². The molecule has 1 saturated heterocycles. The summed E-state index contributed by atoms with van der Waals surface area (Å²) in [4.78, 5) is 0. The minimum atomic E-state index is 0.248. The summed E-state index contributed by atoms with van der Waals surface area (Å²) in [5.41, 5.74) is 6.83. The van der Waals surface area contributed by atoms with Gasteiger partial charge in [-0.15, -0.1) is 0 Å². The number of aromatic nitrogens is 2. The first-order chi connectivity index (χ1) is 12.1. The third kappa shape index (κ3) is 4.43. The molecule has 1 atom stereocenters. The number of thiocarbonyl (C=S) groups is 1. The number of rotatable bonds is 5. The van der Waals surface area contributed by atoms with Gasteiger partial charge in [0.25, 0.3) is 0 Å². The average molecular weight is 357 g/mol. The maximum Gasteiger partial charge on any atom is 0.187 e. The summed E-state index contributed by atoms with van der Waals surface area (Å²) in [5.74, 6) is 0. The van der Waals surface area contributed by atoms with E-state index in [0.717, 1.165) is 42.1 Å². The van der Waals surface area contributed by atoms with Gasteiger partial charge < -0.3 is 10.1 Å². The van der Waals surface area contributed by atoms with Crippen molar-refractivity contribution in [3.05, 3.63) is 47.3 Å². The van der Waals surface area contributed by atoms with Crippen molar-refractivity contribution in [1.29, 1.82) is 0 Å². The number of ether oxygens (including phenoxy) is 1. The molecule has 2 heterocycles. The Morgan fingerprint density at radius 2 is 2.20 bits per heavy atom. The van der Waals surface area contributed by atoms with Crippen molar-refractivity contribution in [1.82, 2.24) is 20.5 Å². The van der Waals surface area contributed by atoms with Gasteiger partial charge in [-0.25, -0.2) is 4.68 Å². The van der Waals surface area contributed by atoms with Crippen molar-refractivity contribution >= 4 is 23.5 Å². The Morgan fingerprint density at radius 1 is 1.40 bits per heavy atom. The van der Waals surface area contributed by atoms with Gasteiger partial charge in [0, 0.05) is 18.7 Å². The van der Waals surface area contributed by atoms with Crippen LogP contribution < -0.4 is 10.7 Å². The smallest absolute Gasteiger partial charge is 0.187 e. The lowest BCUT2D eigenvalue weighted by molar-refractivity contribution is 0.114. The van der Waals surface area contributed by atoms with E-state index >= 15 is 0 Å². The molecule has 1 aliphatic rings. The van der Waals surface area contributed by atoms with Gasteiger partial charge in [0.1, 0.15) is 0 Å². The summed E-state index contributed by atoms with van der Waals surface area (Å²) >= 11 is 5.24. The molecule has 6 nitrogen and oxygen atoms in total. The van der Waals surface area contributed by atoms with Crippen molar-refractivity contribution in [2.45, 2.75) is 32.8 Å². The maximum absolute atomic E-state index is 5.55. The predicted octanol–water partition coefficient (Wildman–Crippen LogP) is 2.47. The van der Waals surface area contributed by atoms with Crippen molar-refractivity contribution in [2.75, 3.05) is 13.2 Å². The molecule has 25 heavy (non-hydrogen) atoms. The Hall–Kier alpha value is -2.25. The van der Waals surface area contributed by atoms with Crippen molar-refractivity contribution in [3.8, 4) is 5.69 Å². The molecule has 1 fully saturated rings. The zero-order valence-electron chi connectivity index (χ0n) is 14.5. The fourth-order valence-electron chi connectivity index (χ4n) is 2.87. The molecule has 0 spiro atoms.